The lowest BCUT2D eigenvalue weighted by Gasteiger charge is -2.00. The van der Waals surface area contributed by atoms with Gasteiger partial charge in [-0.15, -0.1) is 0 Å². The molecule has 1 atom stereocenters. The SMILES string of the molecule is CC.CC1C(=O)Cc2ccccc21. The zero-order chi connectivity index (χ0) is 9.84. The third-order valence-corrected chi connectivity index (χ3v) is 2.37. The maximum Gasteiger partial charge on any atom is 0.144 e. The third kappa shape index (κ3) is 1.80. The van der Waals surface area contributed by atoms with Crippen molar-refractivity contribution in [3.8, 4) is 0 Å². The van der Waals surface area contributed by atoms with Gasteiger partial charge in [0.05, 0.1) is 0 Å². The third-order valence-electron chi connectivity index (χ3n) is 2.37. The first-order valence-corrected chi connectivity index (χ1v) is 4.89. The van der Waals surface area contributed by atoms with Gasteiger partial charge < -0.3 is 0 Å². The van der Waals surface area contributed by atoms with Crippen molar-refractivity contribution in [3.05, 3.63) is 35.4 Å². The van der Waals surface area contributed by atoms with Gasteiger partial charge in [-0.25, -0.2) is 0 Å². The summed E-state index contributed by atoms with van der Waals surface area (Å²) in [6.45, 7) is 5.98. The second-order valence-corrected chi connectivity index (χ2v) is 3.06. The Morgan fingerprint density at radius 3 is 2.46 bits per heavy atom. The predicted octanol–water partition coefficient (Wildman–Crippen LogP) is 2.94. The van der Waals surface area contributed by atoms with Crippen molar-refractivity contribution < 1.29 is 4.79 Å². The minimum Gasteiger partial charge on any atom is -0.299 e. The van der Waals surface area contributed by atoms with Gasteiger partial charge in [-0.1, -0.05) is 45.0 Å². The lowest BCUT2D eigenvalue weighted by Crippen LogP contribution is -2.00. The van der Waals surface area contributed by atoms with Gasteiger partial charge in [-0.05, 0) is 11.1 Å². The second kappa shape index (κ2) is 4.22. The molecule has 1 nitrogen and oxygen atoms in total. The summed E-state index contributed by atoms with van der Waals surface area (Å²) >= 11 is 0. The monoisotopic (exact) mass is 176 g/mol. The van der Waals surface area contributed by atoms with Crippen molar-refractivity contribution in [2.45, 2.75) is 33.1 Å². The number of fused-ring (bicyclic) bond motifs is 1. The number of carbonyl (C=O) groups is 1. The van der Waals surface area contributed by atoms with Crippen LogP contribution in [0.4, 0.5) is 0 Å². The Labute approximate surface area is 79.8 Å². The molecule has 0 amide bonds. The molecule has 1 aliphatic rings. The van der Waals surface area contributed by atoms with Crippen molar-refractivity contribution in [3.63, 3.8) is 0 Å². The minimum absolute atomic E-state index is 0.131. The van der Waals surface area contributed by atoms with Gasteiger partial charge in [-0.2, -0.15) is 0 Å². The summed E-state index contributed by atoms with van der Waals surface area (Å²) in [5.74, 6) is 0.484. The van der Waals surface area contributed by atoms with E-state index in [1.54, 1.807) is 0 Å². The number of carbonyl (C=O) groups excluding carboxylic acids is 1. The maximum atomic E-state index is 11.2. The van der Waals surface area contributed by atoms with E-state index < -0.39 is 0 Å². The zero-order valence-corrected chi connectivity index (χ0v) is 8.50. The Hall–Kier alpha value is -1.11. The summed E-state index contributed by atoms with van der Waals surface area (Å²) in [6, 6.07) is 8.07. The molecule has 0 aromatic heterocycles. The number of ketones is 1. The summed E-state index contributed by atoms with van der Waals surface area (Å²) < 4.78 is 0. The topological polar surface area (TPSA) is 17.1 Å². The van der Waals surface area contributed by atoms with Crippen molar-refractivity contribution in [2.24, 2.45) is 0 Å². The van der Waals surface area contributed by atoms with E-state index in [0.29, 0.717) is 12.2 Å². The minimum atomic E-state index is 0.131. The van der Waals surface area contributed by atoms with Gasteiger partial charge in [0, 0.05) is 12.3 Å². The predicted molar refractivity (Wildman–Crippen MR) is 54.9 cm³/mol. The molecular formula is C12H16O. The first kappa shape index (κ1) is 9.97. The van der Waals surface area contributed by atoms with E-state index in [9.17, 15) is 4.79 Å². The average Bonchev–Trinajstić information content (AvgIpc) is 2.47. The maximum absolute atomic E-state index is 11.2. The highest BCUT2D eigenvalue weighted by molar-refractivity contribution is 5.92. The van der Waals surface area contributed by atoms with Crippen LogP contribution in [0.5, 0.6) is 0 Å². The Balaban J connectivity index is 0.000000396. The van der Waals surface area contributed by atoms with Gasteiger partial charge >= 0.3 is 0 Å². The highest BCUT2D eigenvalue weighted by atomic mass is 16.1. The first-order chi connectivity index (χ1) is 6.29. The van der Waals surface area contributed by atoms with E-state index >= 15 is 0 Å². The number of benzene rings is 1. The van der Waals surface area contributed by atoms with Crippen LogP contribution in [-0.4, -0.2) is 5.78 Å². The van der Waals surface area contributed by atoms with Crippen LogP contribution in [0.15, 0.2) is 24.3 Å². The highest BCUT2D eigenvalue weighted by Crippen LogP contribution is 2.28. The smallest absolute Gasteiger partial charge is 0.144 e. The Morgan fingerprint density at radius 2 is 1.85 bits per heavy atom. The molecule has 0 bridgehead atoms. The first-order valence-electron chi connectivity index (χ1n) is 4.89. The number of hydrogen-bond donors (Lipinski definition) is 0. The molecule has 1 aromatic carbocycles. The molecule has 0 heterocycles. The van der Waals surface area contributed by atoms with Crippen LogP contribution in [0.3, 0.4) is 0 Å². The van der Waals surface area contributed by atoms with E-state index in [1.165, 1.54) is 11.1 Å². The van der Waals surface area contributed by atoms with E-state index in [1.807, 2.05) is 45.0 Å². The van der Waals surface area contributed by atoms with Gasteiger partial charge in [0.15, 0.2) is 0 Å². The Bertz CT molecular complexity index is 302. The summed E-state index contributed by atoms with van der Waals surface area (Å²) in [5.41, 5.74) is 2.43. The van der Waals surface area contributed by atoms with E-state index in [0.717, 1.165) is 0 Å². The largest absolute Gasteiger partial charge is 0.299 e. The molecule has 0 aliphatic heterocycles. The molecule has 0 spiro atoms. The normalized spacial score (nSPS) is 19.0. The summed E-state index contributed by atoms with van der Waals surface area (Å²) in [4.78, 5) is 11.2. The number of Topliss-reactive ketones (excluding diaryl/α,β-unsaturated/α-hetero) is 1. The van der Waals surface area contributed by atoms with Crippen LogP contribution < -0.4 is 0 Å². The molecule has 1 aromatic rings. The Morgan fingerprint density at radius 1 is 1.23 bits per heavy atom. The van der Waals surface area contributed by atoms with Gasteiger partial charge in [0.2, 0.25) is 0 Å². The van der Waals surface area contributed by atoms with Gasteiger partial charge in [-0.3, -0.25) is 4.79 Å². The van der Waals surface area contributed by atoms with Crippen molar-refractivity contribution >= 4 is 5.78 Å². The molecular weight excluding hydrogens is 160 g/mol. The van der Waals surface area contributed by atoms with Gasteiger partial charge in [0.25, 0.3) is 0 Å². The van der Waals surface area contributed by atoms with Crippen LogP contribution in [0.25, 0.3) is 0 Å². The van der Waals surface area contributed by atoms with Gasteiger partial charge in [0.1, 0.15) is 5.78 Å². The molecule has 1 unspecified atom stereocenters. The molecule has 0 saturated carbocycles. The molecule has 0 saturated heterocycles. The quantitative estimate of drug-likeness (QED) is 0.594. The van der Waals surface area contributed by atoms with Crippen molar-refractivity contribution in [1.29, 1.82) is 0 Å². The lowest BCUT2D eigenvalue weighted by atomic mass is 10.0. The fourth-order valence-corrected chi connectivity index (χ4v) is 1.63. The molecule has 13 heavy (non-hydrogen) atoms. The molecule has 1 heteroatoms. The molecule has 0 fully saturated rings. The molecule has 0 radical (unpaired) electrons. The van der Waals surface area contributed by atoms with Crippen LogP contribution in [-0.2, 0) is 11.2 Å². The average molecular weight is 176 g/mol. The standard InChI is InChI=1S/C10H10O.C2H6/c1-7-9-5-3-2-4-8(9)6-10(7)11;1-2/h2-5,7H,6H2,1H3;1-2H3. The summed E-state index contributed by atoms with van der Waals surface area (Å²) in [6.07, 6.45) is 0.636. The van der Waals surface area contributed by atoms with E-state index in [4.69, 9.17) is 0 Å². The molecule has 2 rings (SSSR count). The van der Waals surface area contributed by atoms with Crippen LogP contribution >= 0.6 is 0 Å². The number of rotatable bonds is 0. The lowest BCUT2D eigenvalue weighted by molar-refractivity contribution is -0.118. The second-order valence-electron chi connectivity index (χ2n) is 3.06. The van der Waals surface area contributed by atoms with E-state index in [-0.39, 0.29) is 5.92 Å². The molecule has 1 aliphatic carbocycles. The van der Waals surface area contributed by atoms with Crippen LogP contribution in [0, 0.1) is 0 Å². The van der Waals surface area contributed by atoms with Crippen LogP contribution in [0.2, 0.25) is 0 Å². The molecule has 70 valence electrons. The van der Waals surface area contributed by atoms with Crippen LogP contribution in [0.1, 0.15) is 37.8 Å². The number of hydrogen-bond acceptors (Lipinski definition) is 1. The summed E-state index contributed by atoms with van der Waals surface area (Å²) in [7, 11) is 0. The highest BCUT2D eigenvalue weighted by Gasteiger charge is 2.25. The molecule has 0 N–H and O–H groups in total. The zero-order valence-electron chi connectivity index (χ0n) is 8.50. The van der Waals surface area contributed by atoms with Crippen molar-refractivity contribution in [2.75, 3.05) is 0 Å². The fraction of sp³-hybridized carbons (Fsp3) is 0.417. The summed E-state index contributed by atoms with van der Waals surface area (Å²) in [5, 5.41) is 0. The Kier molecular flexibility index (Phi) is 3.24. The fourth-order valence-electron chi connectivity index (χ4n) is 1.63. The van der Waals surface area contributed by atoms with E-state index in [2.05, 4.69) is 0 Å². The van der Waals surface area contributed by atoms with Crippen molar-refractivity contribution in [1.82, 2.24) is 0 Å².